The minimum Gasteiger partial charge on any atom is -0.382 e. The van der Waals surface area contributed by atoms with E-state index in [1.54, 1.807) is 7.11 Å². The molecule has 0 aromatic rings. The molecular formula is C9H22O3. The molecule has 0 aromatic carbocycles. The molecule has 0 saturated carbocycles. The van der Waals surface area contributed by atoms with Crippen LogP contribution in [0.3, 0.4) is 0 Å². The third-order valence-electron chi connectivity index (χ3n) is 1.15. The minimum atomic E-state index is -0.657. The van der Waals surface area contributed by atoms with Gasteiger partial charge in [-0.1, -0.05) is 27.7 Å². The van der Waals surface area contributed by atoms with Gasteiger partial charge in [-0.05, 0) is 0 Å². The van der Waals surface area contributed by atoms with Crippen LogP contribution >= 0.6 is 0 Å². The molecule has 0 fully saturated rings. The van der Waals surface area contributed by atoms with E-state index in [4.69, 9.17) is 14.6 Å². The van der Waals surface area contributed by atoms with Crippen LogP contribution in [0.5, 0.6) is 0 Å². The highest BCUT2D eigenvalue weighted by atomic mass is 16.6. The lowest BCUT2D eigenvalue weighted by molar-refractivity contribution is -0.134. The molecule has 1 atom stereocenters. The van der Waals surface area contributed by atoms with Gasteiger partial charge in [0.1, 0.15) is 0 Å². The number of hydrogen-bond donors (Lipinski definition) is 1. The Morgan fingerprint density at radius 3 is 2.00 bits per heavy atom. The first-order valence-electron chi connectivity index (χ1n) is 4.47. The summed E-state index contributed by atoms with van der Waals surface area (Å²) >= 11 is 0. The molecule has 3 nitrogen and oxygen atoms in total. The van der Waals surface area contributed by atoms with E-state index in [1.807, 2.05) is 27.7 Å². The molecule has 0 spiro atoms. The Morgan fingerprint density at radius 1 is 1.17 bits per heavy atom. The molecule has 0 aliphatic carbocycles. The summed E-state index contributed by atoms with van der Waals surface area (Å²) in [6.07, 6.45) is -0.657. The maximum atomic E-state index is 9.08. The molecule has 0 radical (unpaired) electrons. The maximum Gasteiger partial charge on any atom is 0.156 e. The molecule has 0 heterocycles. The Morgan fingerprint density at radius 2 is 1.67 bits per heavy atom. The molecular weight excluding hydrogens is 156 g/mol. The first kappa shape index (κ1) is 14.4. The fourth-order valence-electron chi connectivity index (χ4n) is 0.445. The second-order valence-electron chi connectivity index (χ2n) is 2.50. The summed E-state index contributed by atoms with van der Waals surface area (Å²) in [5.41, 5.74) is 0. The summed E-state index contributed by atoms with van der Waals surface area (Å²) in [7, 11) is 1.60. The minimum absolute atomic E-state index is 0.150. The highest BCUT2D eigenvalue weighted by Gasteiger charge is 2.07. The van der Waals surface area contributed by atoms with Crippen LogP contribution in [0.4, 0.5) is 0 Å². The van der Waals surface area contributed by atoms with Crippen LogP contribution in [0.2, 0.25) is 0 Å². The fraction of sp³-hybridized carbons (Fsp3) is 1.00. The van der Waals surface area contributed by atoms with Gasteiger partial charge in [0.2, 0.25) is 0 Å². The topological polar surface area (TPSA) is 38.7 Å². The number of hydrogen-bond acceptors (Lipinski definition) is 3. The quantitative estimate of drug-likeness (QED) is 0.514. The summed E-state index contributed by atoms with van der Waals surface area (Å²) in [6, 6.07) is 0. The molecule has 3 heteroatoms. The van der Waals surface area contributed by atoms with Crippen molar-refractivity contribution in [3.05, 3.63) is 0 Å². The number of aliphatic hydroxyl groups excluding tert-OH is 1. The van der Waals surface area contributed by atoms with Crippen LogP contribution in [-0.2, 0) is 9.47 Å². The normalized spacial score (nSPS) is 12.2. The highest BCUT2D eigenvalue weighted by molar-refractivity contribution is 4.45. The number of rotatable bonds is 5. The summed E-state index contributed by atoms with van der Waals surface area (Å²) in [5, 5.41) is 9.08. The predicted molar refractivity (Wildman–Crippen MR) is 50.0 cm³/mol. The Bertz CT molecular complexity index is 74.2. The van der Waals surface area contributed by atoms with E-state index in [9.17, 15) is 0 Å². The lowest BCUT2D eigenvalue weighted by Crippen LogP contribution is -2.20. The molecule has 0 amide bonds. The predicted octanol–water partition coefficient (Wildman–Crippen LogP) is 1.65. The molecule has 1 unspecified atom stereocenters. The van der Waals surface area contributed by atoms with Crippen molar-refractivity contribution in [1.82, 2.24) is 0 Å². The van der Waals surface area contributed by atoms with Crippen LogP contribution in [0, 0.1) is 5.92 Å². The molecule has 0 saturated heterocycles. The van der Waals surface area contributed by atoms with Gasteiger partial charge in [-0.3, -0.25) is 0 Å². The van der Waals surface area contributed by atoms with Crippen molar-refractivity contribution < 1.29 is 14.6 Å². The second kappa shape index (κ2) is 10.9. The zero-order valence-corrected chi connectivity index (χ0v) is 8.83. The standard InChI is InChI=1S/C7H16O3.C2H6/c1-6(2)7(8)10-5-4-9-3;1-2/h6-8H,4-5H2,1-3H3;1-2H3. The van der Waals surface area contributed by atoms with Gasteiger partial charge in [0.05, 0.1) is 13.2 Å². The van der Waals surface area contributed by atoms with E-state index in [0.29, 0.717) is 13.2 Å². The lowest BCUT2D eigenvalue weighted by atomic mass is 10.2. The molecule has 0 bridgehead atoms. The van der Waals surface area contributed by atoms with Gasteiger partial charge in [-0.25, -0.2) is 0 Å². The van der Waals surface area contributed by atoms with Gasteiger partial charge in [-0.15, -0.1) is 0 Å². The SMILES string of the molecule is CC.COCCOC(O)C(C)C. The van der Waals surface area contributed by atoms with Crippen molar-refractivity contribution in [2.45, 2.75) is 34.0 Å². The van der Waals surface area contributed by atoms with Gasteiger partial charge in [-0.2, -0.15) is 0 Å². The van der Waals surface area contributed by atoms with E-state index >= 15 is 0 Å². The zero-order chi connectivity index (χ0) is 9.98. The third kappa shape index (κ3) is 9.88. The molecule has 76 valence electrons. The Balaban J connectivity index is 0. The van der Waals surface area contributed by atoms with Crippen molar-refractivity contribution in [1.29, 1.82) is 0 Å². The van der Waals surface area contributed by atoms with Crippen LogP contribution in [0.1, 0.15) is 27.7 Å². The molecule has 1 N–H and O–H groups in total. The summed E-state index contributed by atoms with van der Waals surface area (Å²) < 4.78 is 9.71. The molecule has 0 aliphatic heterocycles. The molecule has 0 aromatic heterocycles. The van der Waals surface area contributed by atoms with Crippen LogP contribution in [0.25, 0.3) is 0 Å². The largest absolute Gasteiger partial charge is 0.382 e. The first-order chi connectivity index (χ1) is 5.68. The average molecular weight is 178 g/mol. The zero-order valence-electron chi connectivity index (χ0n) is 8.83. The van der Waals surface area contributed by atoms with Crippen LogP contribution in [-0.4, -0.2) is 31.7 Å². The van der Waals surface area contributed by atoms with Crippen molar-refractivity contribution >= 4 is 0 Å². The third-order valence-corrected chi connectivity index (χ3v) is 1.15. The Hall–Kier alpha value is -0.120. The molecule has 0 rings (SSSR count). The number of aliphatic hydroxyl groups is 1. The second-order valence-corrected chi connectivity index (χ2v) is 2.50. The average Bonchev–Trinajstić information content (AvgIpc) is 2.08. The van der Waals surface area contributed by atoms with Crippen molar-refractivity contribution in [2.24, 2.45) is 5.92 Å². The van der Waals surface area contributed by atoms with Gasteiger partial charge < -0.3 is 14.6 Å². The molecule has 12 heavy (non-hydrogen) atoms. The van der Waals surface area contributed by atoms with E-state index < -0.39 is 6.29 Å². The maximum absolute atomic E-state index is 9.08. The monoisotopic (exact) mass is 178 g/mol. The van der Waals surface area contributed by atoms with Crippen molar-refractivity contribution in [3.63, 3.8) is 0 Å². The van der Waals surface area contributed by atoms with Gasteiger partial charge in [0.25, 0.3) is 0 Å². The van der Waals surface area contributed by atoms with Gasteiger partial charge >= 0.3 is 0 Å². The van der Waals surface area contributed by atoms with E-state index in [0.717, 1.165) is 0 Å². The summed E-state index contributed by atoms with van der Waals surface area (Å²) in [6.45, 7) is 8.79. The summed E-state index contributed by atoms with van der Waals surface area (Å²) in [4.78, 5) is 0. The van der Waals surface area contributed by atoms with Crippen molar-refractivity contribution in [3.8, 4) is 0 Å². The van der Waals surface area contributed by atoms with Crippen molar-refractivity contribution in [2.75, 3.05) is 20.3 Å². The van der Waals surface area contributed by atoms with Gasteiger partial charge in [0.15, 0.2) is 6.29 Å². The van der Waals surface area contributed by atoms with E-state index in [1.165, 1.54) is 0 Å². The fourth-order valence-corrected chi connectivity index (χ4v) is 0.445. The Labute approximate surface area is 75.7 Å². The molecule has 0 aliphatic rings. The summed E-state index contributed by atoms with van der Waals surface area (Å²) in [5.74, 6) is 0.150. The van der Waals surface area contributed by atoms with Crippen LogP contribution in [0.15, 0.2) is 0 Å². The highest BCUT2D eigenvalue weighted by Crippen LogP contribution is 2.01. The first-order valence-corrected chi connectivity index (χ1v) is 4.47. The Kier molecular flexibility index (Phi) is 13.1. The van der Waals surface area contributed by atoms with Crippen LogP contribution < -0.4 is 0 Å². The van der Waals surface area contributed by atoms with E-state index in [2.05, 4.69) is 0 Å². The van der Waals surface area contributed by atoms with E-state index in [-0.39, 0.29) is 5.92 Å². The van der Waals surface area contributed by atoms with Gasteiger partial charge in [0, 0.05) is 13.0 Å². The lowest BCUT2D eigenvalue weighted by Gasteiger charge is -2.14. The number of methoxy groups -OCH3 is 1. The smallest absolute Gasteiger partial charge is 0.156 e. The number of ether oxygens (including phenoxy) is 2.